The second kappa shape index (κ2) is 13.6. The Bertz CT molecular complexity index is 1700. The standard InChI is InChI=1S/C34H30O4S.F6P/c1-24(35-29-9-5-3-6-10-29)37-31-18-13-26(14-19-31)28-17-22-34(39)33(23-28)27-15-20-32(21-16-27)38-25(2)36-30-11-7-4-8-12-30;1-7(2,3,4,5)6/h3-25,39H,1-2H3;/q;-1/p+1. The van der Waals surface area contributed by atoms with Gasteiger partial charge in [-0.05, 0) is 96.0 Å². The van der Waals surface area contributed by atoms with Crippen LogP contribution in [0.25, 0.3) is 22.3 Å². The topological polar surface area (TPSA) is 36.9 Å². The van der Waals surface area contributed by atoms with Gasteiger partial charge in [-0.3, -0.25) is 0 Å². The van der Waals surface area contributed by atoms with Crippen LogP contribution in [0.4, 0.5) is 25.2 Å². The van der Waals surface area contributed by atoms with Crippen LogP contribution >= 0.6 is 7.81 Å². The molecule has 0 bridgehead atoms. The maximum atomic E-state index is 9.87. The minimum atomic E-state index is -10.7. The van der Waals surface area contributed by atoms with E-state index < -0.39 is 20.4 Å². The Balaban J connectivity index is 0.000000617. The van der Waals surface area contributed by atoms with Crippen LogP contribution in [-0.2, 0) is 12.6 Å². The third-order valence-electron chi connectivity index (χ3n) is 6.07. The fraction of sp³-hybridized carbons (Fsp3) is 0.118. The first-order valence-electron chi connectivity index (χ1n) is 13.9. The molecule has 244 valence electrons. The molecule has 0 aliphatic carbocycles. The van der Waals surface area contributed by atoms with Gasteiger partial charge in [0.15, 0.2) is 4.90 Å². The third kappa shape index (κ3) is 12.6. The summed E-state index contributed by atoms with van der Waals surface area (Å²) in [5.41, 5.74) is 4.38. The molecule has 0 saturated carbocycles. The molecule has 5 aromatic carbocycles. The van der Waals surface area contributed by atoms with Gasteiger partial charge in [0.05, 0.1) is 0 Å². The van der Waals surface area contributed by atoms with E-state index in [-0.39, 0.29) is 0 Å². The van der Waals surface area contributed by atoms with Gasteiger partial charge >= 0.3 is 33.0 Å². The van der Waals surface area contributed by atoms with E-state index >= 15 is 0 Å². The molecule has 0 radical (unpaired) electrons. The molecule has 5 aromatic rings. The Labute approximate surface area is 268 Å². The first kappa shape index (κ1) is 34.5. The fourth-order valence-electron chi connectivity index (χ4n) is 4.21. The van der Waals surface area contributed by atoms with Gasteiger partial charge in [0.1, 0.15) is 23.0 Å². The number of para-hydroxylation sites is 2. The predicted octanol–water partition coefficient (Wildman–Crippen LogP) is 11.4. The Hall–Kier alpha value is -4.34. The number of hydrogen-bond donors (Lipinski definition) is 0. The van der Waals surface area contributed by atoms with E-state index in [0.717, 1.165) is 50.1 Å². The normalized spacial score (nSPS) is 13.9. The van der Waals surface area contributed by atoms with E-state index in [0.29, 0.717) is 0 Å². The van der Waals surface area contributed by atoms with Crippen molar-refractivity contribution in [1.82, 2.24) is 0 Å². The van der Waals surface area contributed by atoms with Crippen molar-refractivity contribution in [2.75, 3.05) is 0 Å². The summed E-state index contributed by atoms with van der Waals surface area (Å²) in [4.78, 5) is 1.01. The van der Waals surface area contributed by atoms with Crippen LogP contribution in [0.5, 0.6) is 23.0 Å². The summed E-state index contributed by atoms with van der Waals surface area (Å²) in [6.45, 7) is 3.77. The Kier molecular flexibility index (Phi) is 10.2. The van der Waals surface area contributed by atoms with E-state index in [4.69, 9.17) is 18.9 Å². The van der Waals surface area contributed by atoms with Gasteiger partial charge in [-0.1, -0.05) is 60.7 Å². The van der Waals surface area contributed by atoms with Crippen molar-refractivity contribution in [3.63, 3.8) is 0 Å². The van der Waals surface area contributed by atoms with E-state index in [2.05, 4.69) is 55.1 Å². The van der Waals surface area contributed by atoms with Crippen LogP contribution < -0.4 is 18.9 Å². The van der Waals surface area contributed by atoms with Gasteiger partial charge < -0.3 is 18.9 Å². The molecule has 0 N–H and O–H groups in total. The molecule has 0 spiro atoms. The van der Waals surface area contributed by atoms with Crippen molar-refractivity contribution in [3.05, 3.63) is 127 Å². The van der Waals surface area contributed by atoms with Crippen LogP contribution in [0, 0.1) is 0 Å². The summed E-state index contributed by atoms with van der Waals surface area (Å²) in [5, 5.41) is 0. The molecule has 0 heterocycles. The Morgan fingerprint density at radius 3 is 1.17 bits per heavy atom. The summed E-state index contributed by atoms with van der Waals surface area (Å²) < 4.78 is 82.7. The number of halogens is 6. The number of ether oxygens (including phenoxy) is 4. The summed E-state index contributed by atoms with van der Waals surface area (Å²) in [7, 11) is -10.7. The Morgan fingerprint density at radius 2 is 0.783 bits per heavy atom. The molecule has 46 heavy (non-hydrogen) atoms. The summed E-state index contributed by atoms with van der Waals surface area (Å²) in [6, 6.07) is 41.7. The molecule has 0 aliphatic rings. The first-order chi connectivity index (χ1) is 21.5. The number of rotatable bonds is 10. The molecule has 0 fully saturated rings. The van der Waals surface area contributed by atoms with Crippen molar-refractivity contribution in [2.45, 2.75) is 31.3 Å². The van der Waals surface area contributed by atoms with Crippen molar-refractivity contribution in [2.24, 2.45) is 0 Å². The molecule has 0 aromatic heterocycles. The molecule has 0 aliphatic heterocycles. The number of hydrogen-bond acceptors (Lipinski definition) is 4. The zero-order valence-corrected chi connectivity index (χ0v) is 26.5. The van der Waals surface area contributed by atoms with Gasteiger partial charge in [0.2, 0.25) is 12.6 Å². The van der Waals surface area contributed by atoms with Gasteiger partial charge in [0.25, 0.3) is 0 Å². The van der Waals surface area contributed by atoms with Crippen LogP contribution in [-0.4, -0.2) is 12.6 Å². The summed E-state index contributed by atoms with van der Waals surface area (Å²) in [6.07, 6.45) is -0.815. The van der Waals surface area contributed by atoms with E-state index in [1.165, 1.54) is 0 Å². The maximum absolute atomic E-state index is 10.7. The van der Waals surface area contributed by atoms with Gasteiger partial charge in [-0.15, -0.1) is 0 Å². The van der Waals surface area contributed by atoms with Crippen molar-refractivity contribution < 1.29 is 44.1 Å². The second-order valence-electron chi connectivity index (χ2n) is 10.0. The van der Waals surface area contributed by atoms with Crippen molar-refractivity contribution in [3.8, 4) is 45.3 Å². The van der Waals surface area contributed by atoms with Gasteiger partial charge in [0, 0.05) is 19.4 Å². The summed E-state index contributed by atoms with van der Waals surface area (Å²) in [5.74, 6) is 3.05. The minimum absolute atomic E-state index is 0.405. The molecule has 5 rings (SSSR count). The molecule has 0 amide bonds. The molecule has 4 nitrogen and oxygen atoms in total. The molecular weight excluding hydrogens is 649 g/mol. The van der Waals surface area contributed by atoms with Gasteiger partial charge in [-0.2, -0.15) is 0 Å². The molecule has 2 atom stereocenters. The SMILES string of the molecule is CC(Oc1ccccc1)Oc1ccc(-c2ccc([SH2+])c(-c3ccc(OC(C)Oc4ccccc4)cc3)c2)cc1.F[P-](F)(F)(F)(F)F. The van der Waals surface area contributed by atoms with Crippen molar-refractivity contribution >= 4 is 20.4 Å². The molecular formula is C34H31F6O4PS. The monoisotopic (exact) mass is 680 g/mol. The zero-order valence-electron chi connectivity index (χ0n) is 24.6. The third-order valence-corrected chi connectivity index (χ3v) is 6.50. The number of benzene rings is 5. The average Bonchev–Trinajstić information content (AvgIpc) is 2.98. The molecule has 12 heteroatoms. The van der Waals surface area contributed by atoms with E-state index in [9.17, 15) is 25.2 Å². The van der Waals surface area contributed by atoms with Gasteiger partial charge in [-0.25, -0.2) is 0 Å². The first-order valence-corrected chi connectivity index (χ1v) is 16.4. The Morgan fingerprint density at radius 1 is 0.457 bits per heavy atom. The van der Waals surface area contributed by atoms with Crippen LogP contribution in [0.3, 0.4) is 0 Å². The van der Waals surface area contributed by atoms with Crippen molar-refractivity contribution in [1.29, 1.82) is 0 Å². The summed E-state index contributed by atoms with van der Waals surface area (Å²) >= 11 is 3.78. The quantitative estimate of drug-likeness (QED) is 0.0637. The molecule has 0 saturated heterocycles. The van der Waals surface area contributed by atoms with Crippen LogP contribution in [0.2, 0.25) is 0 Å². The van der Waals surface area contributed by atoms with E-state index in [1.807, 2.05) is 98.8 Å². The van der Waals surface area contributed by atoms with Crippen LogP contribution in [0.15, 0.2) is 132 Å². The zero-order chi connectivity index (χ0) is 33.4. The van der Waals surface area contributed by atoms with Crippen LogP contribution in [0.1, 0.15) is 13.8 Å². The second-order valence-corrected chi connectivity index (χ2v) is 12.5. The average molecular weight is 681 g/mol. The predicted molar refractivity (Wildman–Crippen MR) is 174 cm³/mol. The van der Waals surface area contributed by atoms with E-state index in [1.54, 1.807) is 0 Å². The fourth-order valence-corrected chi connectivity index (χ4v) is 4.51. The molecule has 2 unspecified atom stereocenters.